The summed E-state index contributed by atoms with van der Waals surface area (Å²) in [5.41, 5.74) is 5.84. The van der Waals surface area contributed by atoms with E-state index in [1.54, 1.807) is 69.2 Å². The summed E-state index contributed by atoms with van der Waals surface area (Å²) < 4.78 is 0. The third-order valence-corrected chi connectivity index (χ3v) is 8.52. The number of hydrogen-bond donors (Lipinski definition) is 10. The Balaban J connectivity index is 6.26. The summed E-state index contributed by atoms with van der Waals surface area (Å²) in [5, 5.41) is 43.1. The molecule has 11 N–H and O–H groups in total. The summed E-state index contributed by atoms with van der Waals surface area (Å²) in [6.45, 7) is 17.1. The van der Waals surface area contributed by atoms with Crippen LogP contribution >= 0.6 is 0 Å². The van der Waals surface area contributed by atoms with E-state index in [2.05, 4.69) is 31.9 Å². The van der Waals surface area contributed by atoms with Gasteiger partial charge >= 0.3 is 17.9 Å². The quantitative estimate of drug-likeness (QED) is 0.0556. The highest BCUT2D eigenvalue weighted by molar-refractivity contribution is 5.98. The summed E-state index contributed by atoms with van der Waals surface area (Å²) >= 11 is 0. The van der Waals surface area contributed by atoms with Crippen LogP contribution in [0.2, 0.25) is 0 Å². The number of rotatable bonds is 26. The van der Waals surface area contributed by atoms with E-state index in [0.29, 0.717) is 0 Å². The van der Waals surface area contributed by atoms with Crippen LogP contribution in [0.1, 0.15) is 108 Å². The first-order valence-electron chi connectivity index (χ1n) is 19.0. The Morgan fingerprint density at radius 3 is 1.12 bits per heavy atom. The Morgan fingerprint density at radius 2 is 0.786 bits per heavy atom. The van der Waals surface area contributed by atoms with Crippen LogP contribution in [0.4, 0.5) is 0 Å². The number of nitrogens with two attached hydrogens (primary N) is 1. The average molecular weight is 800 g/mol. The van der Waals surface area contributed by atoms with Crippen molar-refractivity contribution in [2.45, 2.75) is 150 Å². The SMILES string of the molecule is CC(C)C[C@H](NC(=O)[C@H](CC(=O)O)NC(=O)[C@@H](NC(=O)[C@H](CC(C)C)NC(=O)[C@H](CC(C)C)NC(=O)[C@@H](N)CCC(=O)O)C(C)C)C(=O)N[C@H](C(=O)O)C(C)C. The second kappa shape index (κ2) is 24.7. The molecule has 6 amide bonds. The molecule has 0 unspecified atom stereocenters. The predicted octanol–water partition coefficient (Wildman–Crippen LogP) is 0.0969. The normalized spacial score (nSPS) is 15.2. The van der Waals surface area contributed by atoms with E-state index in [4.69, 9.17) is 10.8 Å². The maximum atomic E-state index is 13.7. The zero-order valence-corrected chi connectivity index (χ0v) is 34.3. The topological polar surface area (TPSA) is 313 Å². The molecule has 0 heterocycles. The minimum atomic E-state index is -1.71. The number of carbonyl (C=O) groups is 9. The molecule has 0 fully saturated rings. The Labute approximate surface area is 328 Å². The number of carboxylic acids is 3. The van der Waals surface area contributed by atoms with Crippen molar-refractivity contribution in [3.05, 3.63) is 0 Å². The van der Waals surface area contributed by atoms with Gasteiger partial charge in [-0.3, -0.25) is 38.4 Å². The Hall–Kier alpha value is -4.81. The largest absolute Gasteiger partial charge is 0.481 e. The molecule has 0 bridgehead atoms. The smallest absolute Gasteiger partial charge is 0.326 e. The van der Waals surface area contributed by atoms with Gasteiger partial charge in [-0.25, -0.2) is 4.79 Å². The summed E-state index contributed by atoms with van der Waals surface area (Å²) in [7, 11) is 0. The van der Waals surface area contributed by atoms with E-state index in [9.17, 15) is 53.4 Å². The summed E-state index contributed by atoms with van der Waals surface area (Å²) in [6, 6.07) is -9.14. The van der Waals surface area contributed by atoms with Gasteiger partial charge in [0.2, 0.25) is 35.4 Å². The van der Waals surface area contributed by atoms with Crippen LogP contribution in [0.3, 0.4) is 0 Å². The van der Waals surface area contributed by atoms with Crippen LogP contribution in [0.15, 0.2) is 0 Å². The predicted molar refractivity (Wildman–Crippen MR) is 204 cm³/mol. The highest BCUT2D eigenvalue weighted by atomic mass is 16.4. The summed E-state index contributed by atoms with van der Waals surface area (Å²) in [6.07, 6.45) is -1.10. The molecule has 7 atom stereocenters. The Kier molecular flexibility index (Phi) is 22.5. The van der Waals surface area contributed by atoms with Crippen LogP contribution in [-0.2, 0) is 43.2 Å². The second-order valence-corrected chi connectivity index (χ2v) is 16.1. The number of nitrogens with one attached hydrogen (secondary N) is 6. The molecule has 0 aliphatic heterocycles. The number of amides is 6. The average Bonchev–Trinajstić information content (AvgIpc) is 3.05. The van der Waals surface area contributed by atoms with E-state index in [1.165, 1.54) is 0 Å². The fourth-order valence-electron chi connectivity index (χ4n) is 5.54. The molecular weight excluding hydrogens is 734 g/mol. The van der Waals surface area contributed by atoms with E-state index in [0.717, 1.165) is 0 Å². The molecule has 0 rings (SSSR count). The first-order chi connectivity index (χ1) is 25.8. The van der Waals surface area contributed by atoms with Gasteiger partial charge in [0.15, 0.2) is 0 Å². The van der Waals surface area contributed by atoms with Crippen LogP contribution < -0.4 is 37.6 Å². The number of hydrogen-bond acceptors (Lipinski definition) is 10. The minimum absolute atomic E-state index is 0.0581. The lowest BCUT2D eigenvalue weighted by atomic mass is 9.98. The van der Waals surface area contributed by atoms with Crippen molar-refractivity contribution in [2.24, 2.45) is 35.3 Å². The van der Waals surface area contributed by atoms with Gasteiger partial charge in [-0.1, -0.05) is 69.2 Å². The highest BCUT2D eigenvalue weighted by Gasteiger charge is 2.36. The van der Waals surface area contributed by atoms with Gasteiger partial charge in [-0.15, -0.1) is 0 Å². The molecule has 0 radical (unpaired) electrons. The van der Waals surface area contributed by atoms with Crippen molar-refractivity contribution >= 4 is 53.4 Å². The second-order valence-electron chi connectivity index (χ2n) is 16.1. The molecule has 56 heavy (non-hydrogen) atoms. The zero-order valence-electron chi connectivity index (χ0n) is 34.3. The maximum Gasteiger partial charge on any atom is 0.326 e. The van der Waals surface area contributed by atoms with Gasteiger partial charge in [0.1, 0.15) is 36.3 Å². The minimum Gasteiger partial charge on any atom is -0.481 e. The van der Waals surface area contributed by atoms with Crippen LogP contribution in [0, 0.1) is 29.6 Å². The Morgan fingerprint density at radius 1 is 0.446 bits per heavy atom. The zero-order chi connectivity index (χ0) is 43.6. The van der Waals surface area contributed by atoms with Crippen molar-refractivity contribution in [3.8, 4) is 0 Å². The van der Waals surface area contributed by atoms with E-state index in [-0.39, 0.29) is 49.9 Å². The van der Waals surface area contributed by atoms with Crippen LogP contribution in [0.25, 0.3) is 0 Å². The third kappa shape index (κ3) is 19.7. The highest BCUT2D eigenvalue weighted by Crippen LogP contribution is 2.13. The van der Waals surface area contributed by atoms with Crippen LogP contribution in [-0.4, -0.2) is 111 Å². The van der Waals surface area contributed by atoms with Crippen molar-refractivity contribution in [1.82, 2.24) is 31.9 Å². The lowest BCUT2D eigenvalue weighted by Gasteiger charge is -2.29. The molecule has 0 aromatic heterocycles. The molecule has 0 saturated carbocycles. The van der Waals surface area contributed by atoms with Crippen molar-refractivity contribution in [3.63, 3.8) is 0 Å². The van der Waals surface area contributed by atoms with Crippen LogP contribution in [0.5, 0.6) is 0 Å². The lowest BCUT2D eigenvalue weighted by Crippen LogP contribution is -2.61. The van der Waals surface area contributed by atoms with Gasteiger partial charge in [0.25, 0.3) is 0 Å². The van der Waals surface area contributed by atoms with Gasteiger partial charge < -0.3 is 53.0 Å². The van der Waals surface area contributed by atoms with Gasteiger partial charge in [0.05, 0.1) is 12.5 Å². The standard InChI is InChI=1S/C37H65N7O12/c1-17(2)13-23(39-31(49)22(38)11-12-27(45)46)32(50)40-24(14-18(3)4)34(52)43-29(20(7)8)36(54)42-26(16-28(47)48)33(51)41-25(15-19(5)6)35(53)44-30(21(9)10)37(55)56/h17-26,29-30H,11-16,38H2,1-10H3,(H,39,49)(H,40,50)(H,41,51)(H,42,54)(H,43,52)(H,44,53)(H,45,46)(H,47,48)(H,55,56)/t22-,23-,24-,25-,26-,29-,30-/m0/s1. The summed E-state index contributed by atoms with van der Waals surface area (Å²) in [5.74, 6) is -10.4. The molecule has 0 saturated heterocycles. The summed E-state index contributed by atoms with van der Waals surface area (Å²) in [4.78, 5) is 115. The fourth-order valence-corrected chi connectivity index (χ4v) is 5.54. The molecule has 19 heteroatoms. The monoisotopic (exact) mass is 799 g/mol. The third-order valence-electron chi connectivity index (χ3n) is 8.52. The number of carboxylic acid groups (broad SMARTS) is 3. The first kappa shape index (κ1) is 51.2. The molecule has 0 aromatic carbocycles. The molecular formula is C37H65N7O12. The number of aliphatic carboxylic acids is 3. The lowest BCUT2D eigenvalue weighted by molar-refractivity contribution is -0.144. The van der Waals surface area contributed by atoms with E-state index >= 15 is 0 Å². The maximum absolute atomic E-state index is 13.7. The van der Waals surface area contributed by atoms with Crippen molar-refractivity contribution < 1.29 is 58.5 Å². The van der Waals surface area contributed by atoms with E-state index in [1.807, 2.05) is 0 Å². The van der Waals surface area contributed by atoms with Gasteiger partial charge in [0, 0.05) is 6.42 Å². The van der Waals surface area contributed by atoms with Crippen molar-refractivity contribution in [2.75, 3.05) is 0 Å². The molecule has 320 valence electrons. The van der Waals surface area contributed by atoms with Gasteiger partial charge in [-0.05, 0) is 55.3 Å². The van der Waals surface area contributed by atoms with Crippen molar-refractivity contribution in [1.29, 1.82) is 0 Å². The number of carbonyl (C=O) groups excluding carboxylic acids is 6. The molecule has 0 spiro atoms. The fraction of sp³-hybridized carbons (Fsp3) is 0.757. The van der Waals surface area contributed by atoms with E-state index < -0.39 is 114 Å². The van der Waals surface area contributed by atoms with Gasteiger partial charge in [-0.2, -0.15) is 0 Å². The molecule has 0 aliphatic carbocycles. The first-order valence-corrected chi connectivity index (χ1v) is 19.0. The Bertz CT molecular complexity index is 1380. The molecule has 0 aromatic rings. The molecule has 19 nitrogen and oxygen atoms in total. The molecule has 0 aliphatic rings.